The van der Waals surface area contributed by atoms with Crippen LogP contribution in [0.25, 0.3) is 11.3 Å². The molecule has 2 aromatic rings. The van der Waals surface area contributed by atoms with E-state index in [1.807, 2.05) is 31.2 Å². The predicted molar refractivity (Wildman–Crippen MR) is 79.7 cm³/mol. The monoisotopic (exact) mass is 313 g/mol. The summed E-state index contributed by atoms with van der Waals surface area (Å²) in [5.74, 6) is 0. The van der Waals surface area contributed by atoms with E-state index in [-0.39, 0.29) is 0 Å². The van der Waals surface area contributed by atoms with Crippen LogP contribution in [0.15, 0.2) is 47.2 Å². The fourth-order valence-electron chi connectivity index (χ4n) is 1.70. The highest BCUT2D eigenvalue weighted by molar-refractivity contribution is 9.10. The van der Waals surface area contributed by atoms with Crippen LogP contribution in [0.5, 0.6) is 0 Å². The van der Waals surface area contributed by atoms with Crippen molar-refractivity contribution in [2.45, 2.75) is 6.92 Å². The molecule has 0 saturated heterocycles. The molecule has 0 aliphatic rings. The van der Waals surface area contributed by atoms with Crippen LogP contribution in [-0.4, -0.2) is 4.98 Å². The van der Waals surface area contributed by atoms with Crippen LogP contribution in [0.2, 0.25) is 0 Å². The molecule has 0 bridgehead atoms. The van der Waals surface area contributed by atoms with E-state index in [0.29, 0.717) is 11.3 Å². The van der Waals surface area contributed by atoms with Gasteiger partial charge in [-0.25, -0.2) is 0 Å². The molecule has 2 rings (SSSR count). The molecule has 1 aromatic carbocycles. The highest BCUT2D eigenvalue weighted by Crippen LogP contribution is 2.25. The third-order valence-corrected chi connectivity index (χ3v) is 3.67. The van der Waals surface area contributed by atoms with E-state index in [4.69, 9.17) is 5.73 Å². The van der Waals surface area contributed by atoms with Crippen molar-refractivity contribution in [2.75, 3.05) is 0 Å². The zero-order chi connectivity index (χ0) is 13.8. The van der Waals surface area contributed by atoms with Crippen LogP contribution in [-0.2, 0) is 0 Å². The molecule has 2 N–H and O–H groups in total. The van der Waals surface area contributed by atoms with Crippen molar-refractivity contribution in [3.8, 4) is 6.07 Å². The molecule has 0 aliphatic heterocycles. The number of allylic oxidation sites excluding steroid dienone is 1. The number of nitrogens with zero attached hydrogens (tertiary/aromatic N) is 2. The first-order valence-corrected chi connectivity index (χ1v) is 6.49. The van der Waals surface area contributed by atoms with E-state index in [1.165, 1.54) is 0 Å². The Morgan fingerprint density at radius 1 is 1.32 bits per heavy atom. The number of aromatic nitrogens is 1. The van der Waals surface area contributed by atoms with Gasteiger partial charge in [0.2, 0.25) is 0 Å². The molecule has 0 fully saturated rings. The number of pyridine rings is 1. The quantitative estimate of drug-likeness (QED) is 0.863. The van der Waals surface area contributed by atoms with E-state index >= 15 is 0 Å². The fourth-order valence-corrected chi connectivity index (χ4v) is 2.07. The Morgan fingerprint density at radius 2 is 2.11 bits per heavy atom. The lowest BCUT2D eigenvalue weighted by atomic mass is 10.0. The van der Waals surface area contributed by atoms with E-state index in [9.17, 15) is 5.26 Å². The maximum atomic E-state index is 9.31. The highest BCUT2D eigenvalue weighted by Gasteiger charge is 2.09. The standard InChI is InChI=1S/C15H12BrN3/c1-10-4-5-11(7-14(10)16)15(18)13(8-17)12-3-2-6-19-9-12/h2-7,9H,18H2,1H3/b15-13+. The Labute approximate surface area is 120 Å². The zero-order valence-corrected chi connectivity index (χ0v) is 12.0. The second-order valence-corrected chi connectivity index (χ2v) is 4.96. The summed E-state index contributed by atoms with van der Waals surface area (Å²) in [6, 6.07) is 11.5. The molecular formula is C15H12BrN3. The highest BCUT2D eigenvalue weighted by atomic mass is 79.9. The molecule has 0 spiro atoms. The van der Waals surface area contributed by atoms with E-state index in [2.05, 4.69) is 27.0 Å². The molecule has 0 amide bonds. The number of hydrogen-bond acceptors (Lipinski definition) is 3. The van der Waals surface area contributed by atoms with Crippen molar-refractivity contribution in [3.63, 3.8) is 0 Å². The van der Waals surface area contributed by atoms with Gasteiger partial charge in [0.15, 0.2) is 0 Å². The van der Waals surface area contributed by atoms with Crippen molar-refractivity contribution in [2.24, 2.45) is 5.73 Å². The van der Waals surface area contributed by atoms with Gasteiger partial charge in [-0.15, -0.1) is 0 Å². The normalized spacial score (nSPS) is 11.6. The van der Waals surface area contributed by atoms with E-state index < -0.39 is 0 Å². The molecule has 3 nitrogen and oxygen atoms in total. The number of benzene rings is 1. The van der Waals surface area contributed by atoms with Crippen LogP contribution in [0, 0.1) is 18.3 Å². The van der Waals surface area contributed by atoms with Gasteiger partial charge >= 0.3 is 0 Å². The Hall–Kier alpha value is -2.12. The maximum absolute atomic E-state index is 9.31. The minimum absolute atomic E-state index is 0.434. The number of nitriles is 1. The number of nitrogens with two attached hydrogens (primary N) is 1. The van der Waals surface area contributed by atoms with Gasteiger partial charge in [-0.3, -0.25) is 4.98 Å². The minimum atomic E-state index is 0.434. The molecule has 4 heteroatoms. The molecule has 0 saturated carbocycles. The molecule has 0 radical (unpaired) electrons. The van der Waals surface area contributed by atoms with Crippen LogP contribution in [0.1, 0.15) is 16.7 Å². The number of hydrogen-bond donors (Lipinski definition) is 1. The van der Waals surface area contributed by atoms with Gasteiger partial charge in [0.1, 0.15) is 6.07 Å². The zero-order valence-electron chi connectivity index (χ0n) is 10.4. The van der Waals surface area contributed by atoms with Gasteiger partial charge in [0.25, 0.3) is 0 Å². The second-order valence-electron chi connectivity index (χ2n) is 4.11. The average molecular weight is 314 g/mol. The summed E-state index contributed by atoms with van der Waals surface area (Å²) in [5, 5.41) is 9.31. The van der Waals surface area contributed by atoms with Crippen molar-refractivity contribution in [1.29, 1.82) is 5.26 Å². The van der Waals surface area contributed by atoms with Gasteiger partial charge < -0.3 is 5.73 Å². The first-order chi connectivity index (χ1) is 9.13. The van der Waals surface area contributed by atoms with Gasteiger partial charge in [-0.2, -0.15) is 5.26 Å². The Bertz CT molecular complexity index is 670. The summed E-state index contributed by atoms with van der Waals surface area (Å²) in [5.41, 5.74) is 9.66. The number of rotatable bonds is 2. The largest absolute Gasteiger partial charge is 0.397 e. The molecule has 94 valence electrons. The first kappa shape index (κ1) is 13.3. The van der Waals surface area contributed by atoms with Gasteiger partial charge in [-0.05, 0) is 30.2 Å². The fraction of sp³-hybridized carbons (Fsp3) is 0.0667. The van der Waals surface area contributed by atoms with Gasteiger partial charge in [-0.1, -0.05) is 34.1 Å². The molecule has 19 heavy (non-hydrogen) atoms. The minimum Gasteiger partial charge on any atom is -0.397 e. The molecule has 1 aromatic heterocycles. The van der Waals surface area contributed by atoms with Crippen LogP contribution in [0.3, 0.4) is 0 Å². The number of halogens is 1. The molecule has 0 unspecified atom stereocenters. The smallest absolute Gasteiger partial charge is 0.102 e. The summed E-state index contributed by atoms with van der Waals surface area (Å²) >= 11 is 3.47. The second kappa shape index (κ2) is 5.68. The van der Waals surface area contributed by atoms with Crippen molar-refractivity contribution < 1.29 is 0 Å². The first-order valence-electron chi connectivity index (χ1n) is 5.70. The van der Waals surface area contributed by atoms with E-state index in [1.54, 1.807) is 18.5 Å². The molecule has 0 aliphatic carbocycles. The predicted octanol–water partition coefficient (Wildman–Crippen LogP) is 3.50. The lowest BCUT2D eigenvalue weighted by Crippen LogP contribution is -2.01. The average Bonchev–Trinajstić information content (AvgIpc) is 2.44. The summed E-state index contributed by atoms with van der Waals surface area (Å²) in [6.07, 6.45) is 3.30. The lowest BCUT2D eigenvalue weighted by molar-refractivity contribution is 1.31. The Balaban J connectivity index is 2.56. The summed E-state index contributed by atoms with van der Waals surface area (Å²) in [6.45, 7) is 2.00. The van der Waals surface area contributed by atoms with Crippen molar-refractivity contribution in [1.82, 2.24) is 4.98 Å². The maximum Gasteiger partial charge on any atom is 0.102 e. The van der Waals surface area contributed by atoms with Crippen LogP contribution in [0.4, 0.5) is 0 Å². The van der Waals surface area contributed by atoms with Gasteiger partial charge in [0.05, 0.1) is 11.3 Å². The van der Waals surface area contributed by atoms with E-state index in [0.717, 1.165) is 21.2 Å². The topological polar surface area (TPSA) is 62.7 Å². The molecular weight excluding hydrogens is 302 g/mol. The summed E-state index contributed by atoms with van der Waals surface area (Å²) in [7, 11) is 0. The van der Waals surface area contributed by atoms with Crippen molar-refractivity contribution >= 4 is 27.2 Å². The Morgan fingerprint density at radius 3 is 2.68 bits per heavy atom. The molecule has 0 atom stereocenters. The third-order valence-electron chi connectivity index (χ3n) is 2.81. The Kier molecular flexibility index (Phi) is 3.98. The van der Waals surface area contributed by atoms with Crippen LogP contribution >= 0.6 is 15.9 Å². The lowest BCUT2D eigenvalue weighted by Gasteiger charge is -2.07. The number of aryl methyl sites for hydroxylation is 1. The van der Waals surface area contributed by atoms with Crippen LogP contribution < -0.4 is 5.73 Å². The van der Waals surface area contributed by atoms with Crippen molar-refractivity contribution in [3.05, 3.63) is 63.9 Å². The van der Waals surface area contributed by atoms with Gasteiger partial charge in [0, 0.05) is 22.4 Å². The molecule has 1 heterocycles. The summed E-state index contributed by atoms with van der Waals surface area (Å²) in [4.78, 5) is 4.01. The third kappa shape index (κ3) is 2.83. The summed E-state index contributed by atoms with van der Waals surface area (Å²) < 4.78 is 0.969. The SMILES string of the molecule is Cc1ccc(/C(N)=C(/C#N)c2cccnc2)cc1Br.